The Morgan fingerprint density at radius 2 is 1.68 bits per heavy atom. The summed E-state index contributed by atoms with van der Waals surface area (Å²) in [5, 5.41) is 0. The number of carbonyl (C=O) groups excluding carboxylic acids is 1. The number of rotatable bonds is 6. The SMILES string of the molecule is COc1ccc(CN2C(=O)/C(=C\c3c(N4CCN(c5ccccc5F)CC4)nc4ccccn4c3=O)SC2=S)cc1. The molecule has 0 atom stereocenters. The molecule has 0 aliphatic carbocycles. The van der Waals surface area contributed by atoms with E-state index >= 15 is 0 Å². The molecular formula is C30H26FN5O3S2. The van der Waals surface area contributed by atoms with Crippen LogP contribution in [0.15, 0.2) is 82.6 Å². The number of thioether (sulfide) groups is 1. The first-order chi connectivity index (χ1) is 19.9. The molecule has 0 saturated carbocycles. The van der Waals surface area contributed by atoms with Crippen LogP contribution in [0.4, 0.5) is 15.9 Å². The van der Waals surface area contributed by atoms with Crippen LogP contribution in [-0.2, 0) is 11.3 Å². The van der Waals surface area contributed by atoms with Crippen LogP contribution in [0.1, 0.15) is 11.1 Å². The summed E-state index contributed by atoms with van der Waals surface area (Å²) < 4.78 is 21.5. The maximum absolute atomic E-state index is 14.4. The molecule has 2 aliphatic heterocycles. The van der Waals surface area contributed by atoms with E-state index in [0.717, 1.165) is 11.3 Å². The number of anilines is 2. The molecule has 0 bridgehead atoms. The Morgan fingerprint density at radius 3 is 2.41 bits per heavy atom. The van der Waals surface area contributed by atoms with E-state index in [1.807, 2.05) is 46.2 Å². The highest BCUT2D eigenvalue weighted by Crippen LogP contribution is 2.35. The largest absolute Gasteiger partial charge is 0.497 e. The van der Waals surface area contributed by atoms with Gasteiger partial charge in [-0.3, -0.25) is 18.9 Å². The van der Waals surface area contributed by atoms with Crippen molar-refractivity contribution < 1.29 is 13.9 Å². The molecule has 2 saturated heterocycles. The lowest BCUT2D eigenvalue weighted by Crippen LogP contribution is -2.47. The van der Waals surface area contributed by atoms with Crippen LogP contribution in [0, 0.1) is 5.82 Å². The van der Waals surface area contributed by atoms with E-state index in [1.165, 1.54) is 27.1 Å². The van der Waals surface area contributed by atoms with Gasteiger partial charge in [-0.05, 0) is 48.0 Å². The first-order valence-electron chi connectivity index (χ1n) is 13.1. The van der Waals surface area contributed by atoms with Crippen molar-refractivity contribution in [3.05, 3.63) is 105 Å². The maximum atomic E-state index is 14.4. The van der Waals surface area contributed by atoms with Crippen LogP contribution in [0.25, 0.3) is 11.7 Å². The molecule has 8 nitrogen and oxygen atoms in total. The number of methoxy groups -OCH3 is 1. The number of fused-ring (bicyclic) bond motifs is 1. The quantitative estimate of drug-likeness (QED) is 0.240. The van der Waals surface area contributed by atoms with Crippen LogP contribution >= 0.6 is 24.0 Å². The van der Waals surface area contributed by atoms with Crippen molar-refractivity contribution in [1.82, 2.24) is 14.3 Å². The van der Waals surface area contributed by atoms with Gasteiger partial charge in [0.2, 0.25) is 0 Å². The second-order valence-electron chi connectivity index (χ2n) is 9.62. The summed E-state index contributed by atoms with van der Waals surface area (Å²) in [4.78, 5) is 38.0. The van der Waals surface area contributed by atoms with Gasteiger partial charge < -0.3 is 14.5 Å². The highest BCUT2D eigenvalue weighted by molar-refractivity contribution is 8.26. The third-order valence-corrected chi connectivity index (χ3v) is 8.55. The van der Waals surface area contributed by atoms with Crippen molar-refractivity contribution in [2.75, 3.05) is 43.1 Å². The van der Waals surface area contributed by atoms with Gasteiger partial charge in [0.25, 0.3) is 11.5 Å². The lowest BCUT2D eigenvalue weighted by molar-refractivity contribution is -0.122. The van der Waals surface area contributed by atoms with Gasteiger partial charge in [0.1, 0.15) is 27.4 Å². The van der Waals surface area contributed by atoms with Crippen LogP contribution in [-0.4, -0.2) is 57.8 Å². The number of benzene rings is 2. The Hall–Kier alpha value is -4.22. The Morgan fingerprint density at radius 1 is 0.976 bits per heavy atom. The molecule has 4 aromatic rings. The fourth-order valence-electron chi connectivity index (χ4n) is 5.01. The minimum absolute atomic E-state index is 0.260. The number of ether oxygens (including phenoxy) is 1. The molecule has 6 rings (SSSR count). The number of carbonyl (C=O) groups is 1. The zero-order valence-corrected chi connectivity index (χ0v) is 23.8. The highest BCUT2D eigenvalue weighted by Gasteiger charge is 2.33. The van der Waals surface area contributed by atoms with Gasteiger partial charge in [-0.2, -0.15) is 0 Å². The van der Waals surface area contributed by atoms with E-state index < -0.39 is 0 Å². The molecule has 0 unspecified atom stereocenters. The molecule has 208 valence electrons. The monoisotopic (exact) mass is 587 g/mol. The lowest BCUT2D eigenvalue weighted by atomic mass is 10.2. The number of halogens is 1. The van der Waals surface area contributed by atoms with Crippen molar-refractivity contribution in [1.29, 1.82) is 0 Å². The molecule has 11 heteroatoms. The van der Waals surface area contributed by atoms with E-state index in [1.54, 1.807) is 43.6 Å². The van der Waals surface area contributed by atoms with E-state index in [0.29, 0.717) is 64.7 Å². The molecule has 2 aromatic carbocycles. The smallest absolute Gasteiger partial charge is 0.267 e. The second-order valence-corrected chi connectivity index (χ2v) is 11.3. The Kier molecular flexibility index (Phi) is 7.46. The Balaban J connectivity index is 1.32. The molecule has 4 heterocycles. The summed E-state index contributed by atoms with van der Waals surface area (Å²) in [5.74, 6) is 0.699. The molecule has 2 aromatic heterocycles. The summed E-state index contributed by atoms with van der Waals surface area (Å²) in [6.45, 7) is 2.48. The van der Waals surface area contributed by atoms with E-state index in [-0.39, 0.29) is 17.3 Å². The number of piperazine rings is 1. The van der Waals surface area contributed by atoms with E-state index in [4.69, 9.17) is 21.9 Å². The number of pyridine rings is 1. The molecule has 2 fully saturated rings. The molecule has 0 N–H and O–H groups in total. The number of hydrogen-bond acceptors (Lipinski definition) is 8. The molecule has 0 radical (unpaired) electrons. The average molecular weight is 588 g/mol. The molecule has 0 spiro atoms. The lowest BCUT2D eigenvalue weighted by Gasteiger charge is -2.37. The maximum Gasteiger partial charge on any atom is 0.267 e. The predicted octanol–water partition coefficient (Wildman–Crippen LogP) is 4.57. The topological polar surface area (TPSA) is 70.4 Å². The first kappa shape index (κ1) is 27.0. The molecular weight excluding hydrogens is 561 g/mol. The fraction of sp³-hybridized carbons (Fsp3) is 0.200. The van der Waals surface area contributed by atoms with Gasteiger partial charge in [0.15, 0.2) is 0 Å². The number of para-hydroxylation sites is 1. The van der Waals surface area contributed by atoms with Gasteiger partial charge in [-0.15, -0.1) is 0 Å². The zero-order chi connectivity index (χ0) is 28.5. The number of hydrogen-bond donors (Lipinski definition) is 0. The average Bonchev–Trinajstić information content (AvgIpc) is 3.26. The summed E-state index contributed by atoms with van der Waals surface area (Å²) in [7, 11) is 1.60. The summed E-state index contributed by atoms with van der Waals surface area (Å²) in [6, 6.07) is 19.5. The Bertz CT molecular complexity index is 1730. The first-order valence-corrected chi connectivity index (χ1v) is 14.3. The van der Waals surface area contributed by atoms with Crippen LogP contribution in [0.2, 0.25) is 0 Å². The minimum atomic E-state index is -0.275. The normalized spacial score (nSPS) is 16.7. The minimum Gasteiger partial charge on any atom is -0.497 e. The third kappa shape index (κ3) is 5.30. The van der Waals surface area contributed by atoms with Gasteiger partial charge in [-0.1, -0.05) is 54.3 Å². The molecule has 41 heavy (non-hydrogen) atoms. The summed E-state index contributed by atoms with van der Waals surface area (Å²) in [6.07, 6.45) is 3.28. The molecule has 1 amide bonds. The van der Waals surface area contributed by atoms with Crippen LogP contribution in [0.5, 0.6) is 5.75 Å². The standard InChI is InChI=1S/C30H26FN5O3S2/c1-39-21-11-9-20(10-12-21)19-36-29(38)25(41-30(36)40)18-22-27(32-26-8-4-5-13-35(26)28(22)37)34-16-14-33(15-17-34)24-7-3-2-6-23(24)31/h2-13,18H,14-17,19H2,1H3/b25-18+. The zero-order valence-electron chi connectivity index (χ0n) is 22.2. The fourth-order valence-corrected chi connectivity index (χ4v) is 6.24. The van der Waals surface area contributed by atoms with Crippen molar-refractivity contribution >= 4 is 57.4 Å². The van der Waals surface area contributed by atoms with Crippen molar-refractivity contribution in [3.63, 3.8) is 0 Å². The van der Waals surface area contributed by atoms with E-state index in [2.05, 4.69) is 0 Å². The van der Waals surface area contributed by atoms with Crippen LogP contribution < -0.4 is 20.1 Å². The van der Waals surface area contributed by atoms with E-state index in [9.17, 15) is 14.0 Å². The predicted molar refractivity (Wildman–Crippen MR) is 164 cm³/mol. The van der Waals surface area contributed by atoms with Gasteiger partial charge in [0.05, 0.1) is 29.8 Å². The van der Waals surface area contributed by atoms with Crippen molar-refractivity contribution in [2.24, 2.45) is 0 Å². The number of amides is 1. The summed E-state index contributed by atoms with van der Waals surface area (Å²) >= 11 is 6.73. The van der Waals surface area contributed by atoms with Crippen molar-refractivity contribution in [2.45, 2.75) is 6.54 Å². The second kappa shape index (κ2) is 11.3. The van der Waals surface area contributed by atoms with Gasteiger partial charge in [0, 0.05) is 32.4 Å². The highest BCUT2D eigenvalue weighted by atomic mass is 32.2. The van der Waals surface area contributed by atoms with Gasteiger partial charge in [-0.25, -0.2) is 9.37 Å². The number of thiocarbonyl (C=S) groups is 1. The number of nitrogens with zero attached hydrogens (tertiary/aromatic N) is 5. The van der Waals surface area contributed by atoms with Crippen LogP contribution in [0.3, 0.4) is 0 Å². The van der Waals surface area contributed by atoms with Gasteiger partial charge >= 0.3 is 0 Å². The van der Waals surface area contributed by atoms with Crippen molar-refractivity contribution in [3.8, 4) is 5.75 Å². The Labute approximate surface area is 245 Å². The molecule has 2 aliphatic rings. The third-order valence-electron chi connectivity index (χ3n) is 7.17. The number of aromatic nitrogens is 2. The summed E-state index contributed by atoms with van der Waals surface area (Å²) in [5.41, 5.74) is 2.01.